The predicted octanol–water partition coefficient (Wildman–Crippen LogP) is -0.749. The van der Waals surface area contributed by atoms with E-state index in [9.17, 15) is 5.11 Å². The van der Waals surface area contributed by atoms with E-state index in [4.69, 9.17) is 14.9 Å². The molecule has 2 unspecified atom stereocenters. The first kappa shape index (κ1) is 10.4. The van der Waals surface area contributed by atoms with Crippen LogP contribution in [0.1, 0.15) is 6.92 Å². The highest BCUT2D eigenvalue weighted by Crippen LogP contribution is 2.06. The fourth-order valence-electron chi connectivity index (χ4n) is 0.699. The second-order valence-corrected chi connectivity index (χ2v) is 2.09. The van der Waals surface area contributed by atoms with Gasteiger partial charge in [-0.15, -0.1) is 0 Å². The normalized spacial score (nSPS) is 17.7. The van der Waals surface area contributed by atoms with Crippen molar-refractivity contribution in [1.29, 1.82) is 0 Å². The Kier molecular flexibility index (Phi) is 4.85. The standard InChI is InChI=1S/C7H14O4/c1-3-6(11-2)7(10)5(9)4-8/h3,5,7-10H,4H2,1-2H3. The summed E-state index contributed by atoms with van der Waals surface area (Å²) in [6, 6.07) is 0. The van der Waals surface area contributed by atoms with Crippen molar-refractivity contribution < 1.29 is 20.1 Å². The van der Waals surface area contributed by atoms with E-state index in [2.05, 4.69) is 0 Å². The molecule has 0 aromatic heterocycles. The molecule has 0 aliphatic rings. The Morgan fingerprint density at radius 2 is 2.09 bits per heavy atom. The van der Waals surface area contributed by atoms with E-state index in [1.807, 2.05) is 0 Å². The molecule has 0 spiro atoms. The van der Waals surface area contributed by atoms with Crippen LogP contribution in [0, 0.1) is 0 Å². The van der Waals surface area contributed by atoms with Crippen molar-refractivity contribution >= 4 is 0 Å². The molecule has 0 amide bonds. The molecule has 0 rings (SSSR count). The fourth-order valence-corrected chi connectivity index (χ4v) is 0.699. The first-order chi connectivity index (χ1) is 5.17. The van der Waals surface area contributed by atoms with Crippen LogP contribution in [0.15, 0.2) is 11.8 Å². The smallest absolute Gasteiger partial charge is 0.139 e. The minimum absolute atomic E-state index is 0.256. The maximum atomic E-state index is 9.17. The summed E-state index contributed by atoms with van der Waals surface area (Å²) in [6.45, 7) is 1.19. The Balaban J connectivity index is 4.09. The Labute approximate surface area is 65.7 Å². The highest BCUT2D eigenvalue weighted by Gasteiger charge is 2.19. The van der Waals surface area contributed by atoms with Gasteiger partial charge in [0.1, 0.15) is 18.0 Å². The fraction of sp³-hybridized carbons (Fsp3) is 0.714. The van der Waals surface area contributed by atoms with Crippen molar-refractivity contribution in [3.63, 3.8) is 0 Å². The molecule has 0 aromatic rings. The number of hydrogen-bond acceptors (Lipinski definition) is 4. The third-order valence-electron chi connectivity index (χ3n) is 1.36. The quantitative estimate of drug-likeness (QED) is 0.476. The minimum atomic E-state index is -1.18. The summed E-state index contributed by atoms with van der Waals surface area (Å²) >= 11 is 0. The van der Waals surface area contributed by atoms with Gasteiger partial charge in [-0.3, -0.25) is 0 Å². The van der Waals surface area contributed by atoms with Gasteiger partial charge in [0.15, 0.2) is 0 Å². The molecule has 0 aliphatic heterocycles. The molecule has 0 aliphatic carbocycles. The molecule has 11 heavy (non-hydrogen) atoms. The number of methoxy groups -OCH3 is 1. The van der Waals surface area contributed by atoms with E-state index in [-0.39, 0.29) is 5.76 Å². The molecule has 4 nitrogen and oxygen atoms in total. The lowest BCUT2D eigenvalue weighted by atomic mass is 10.2. The van der Waals surface area contributed by atoms with Crippen LogP contribution in [-0.2, 0) is 4.74 Å². The van der Waals surface area contributed by atoms with Gasteiger partial charge in [-0.1, -0.05) is 0 Å². The highest BCUT2D eigenvalue weighted by atomic mass is 16.5. The van der Waals surface area contributed by atoms with Crippen LogP contribution >= 0.6 is 0 Å². The molecule has 0 aromatic carbocycles. The van der Waals surface area contributed by atoms with E-state index < -0.39 is 18.8 Å². The summed E-state index contributed by atoms with van der Waals surface area (Å²) in [5, 5.41) is 26.6. The molecule has 66 valence electrons. The molecule has 2 atom stereocenters. The van der Waals surface area contributed by atoms with Crippen molar-refractivity contribution in [2.75, 3.05) is 13.7 Å². The summed E-state index contributed by atoms with van der Waals surface area (Å²) in [7, 11) is 1.39. The van der Waals surface area contributed by atoms with Crippen LogP contribution in [-0.4, -0.2) is 41.2 Å². The number of rotatable bonds is 4. The Hall–Kier alpha value is -0.580. The molecule has 0 heterocycles. The summed E-state index contributed by atoms with van der Waals surface area (Å²) < 4.78 is 4.72. The number of ether oxygens (including phenoxy) is 1. The van der Waals surface area contributed by atoms with Gasteiger partial charge in [0.25, 0.3) is 0 Å². The van der Waals surface area contributed by atoms with Crippen LogP contribution < -0.4 is 0 Å². The van der Waals surface area contributed by atoms with Crippen LogP contribution in [0.4, 0.5) is 0 Å². The second kappa shape index (κ2) is 5.12. The predicted molar refractivity (Wildman–Crippen MR) is 39.9 cm³/mol. The van der Waals surface area contributed by atoms with E-state index >= 15 is 0 Å². The molecule has 0 bridgehead atoms. The average Bonchev–Trinajstić information content (AvgIpc) is 2.05. The van der Waals surface area contributed by atoms with E-state index in [0.717, 1.165) is 0 Å². The zero-order valence-electron chi connectivity index (χ0n) is 6.69. The molecule has 0 radical (unpaired) electrons. The zero-order valence-corrected chi connectivity index (χ0v) is 6.69. The van der Waals surface area contributed by atoms with Gasteiger partial charge in [-0.25, -0.2) is 0 Å². The van der Waals surface area contributed by atoms with Crippen LogP contribution in [0.3, 0.4) is 0 Å². The van der Waals surface area contributed by atoms with Crippen LogP contribution in [0.5, 0.6) is 0 Å². The molecule has 4 heteroatoms. The van der Waals surface area contributed by atoms with Gasteiger partial charge >= 0.3 is 0 Å². The Morgan fingerprint density at radius 3 is 2.36 bits per heavy atom. The maximum Gasteiger partial charge on any atom is 0.139 e. The molecule has 3 N–H and O–H groups in total. The van der Waals surface area contributed by atoms with Crippen molar-refractivity contribution in [1.82, 2.24) is 0 Å². The summed E-state index contributed by atoms with van der Waals surface area (Å²) in [6.07, 6.45) is -0.792. The Morgan fingerprint density at radius 1 is 1.55 bits per heavy atom. The van der Waals surface area contributed by atoms with E-state index in [1.54, 1.807) is 6.92 Å². The lowest BCUT2D eigenvalue weighted by Gasteiger charge is -2.17. The van der Waals surface area contributed by atoms with E-state index in [1.165, 1.54) is 13.2 Å². The third kappa shape index (κ3) is 2.88. The number of hydrogen-bond donors (Lipinski definition) is 3. The lowest BCUT2D eigenvalue weighted by molar-refractivity contribution is -0.0186. The lowest BCUT2D eigenvalue weighted by Crippen LogP contribution is -2.31. The van der Waals surface area contributed by atoms with Gasteiger partial charge < -0.3 is 20.1 Å². The van der Waals surface area contributed by atoms with Crippen molar-refractivity contribution in [3.8, 4) is 0 Å². The number of aliphatic hydroxyl groups is 3. The first-order valence-corrected chi connectivity index (χ1v) is 3.34. The minimum Gasteiger partial charge on any atom is -0.499 e. The summed E-state index contributed by atoms with van der Waals surface area (Å²) in [5.74, 6) is 0.256. The molecular weight excluding hydrogens is 148 g/mol. The van der Waals surface area contributed by atoms with E-state index in [0.29, 0.717) is 0 Å². The van der Waals surface area contributed by atoms with Crippen molar-refractivity contribution in [2.45, 2.75) is 19.1 Å². The monoisotopic (exact) mass is 162 g/mol. The molecular formula is C7H14O4. The summed E-state index contributed by atoms with van der Waals surface area (Å²) in [4.78, 5) is 0. The van der Waals surface area contributed by atoms with Gasteiger partial charge in [0.05, 0.1) is 13.7 Å². The highest BCUT2D eigenvalue weighted by molar-refractivity contribution is 5.00. The average molecular weight is 162 g/mol. The van der Waals surface area contributed by atoms with Gasteiger partial charge in [0.2, 0.25) is 0 Å². The van der Waals surface area contributed by atoms with Crippen molar-refractivity contribution in [2.24, 2.45) is 0 Å². The molecule has 0 saturated heterocycles. The topological polar surface area (TPSA) is 69.9 Å². The first-order valence-electron chi connectivity index (χ1n) is 3.34. The van der Waals surface area contributed by atoms with Gasteiger partial charge in [0, 0.05) is 0 Å². The number of allylic oxidation sites excluding steroid dienone is 1. The maximum absolute atomic E-state index is 9.17. The van der Waals surface area contributed by atoms with Crippen molar-refractivity contribution in [3.05, 3.63) is 11.8 Å². The second-order valence-electron chi connectivity index (χ2n) is 2.09. The van der Waals surface area contributed by atoms with Crippen LogP contribution in [0.25, 0.3) is 0 Å². The van der Waals surface area contributed by atoms with Gasteiger partial charge in [-0.05, 0) is 13.0 Å². The largest absolute Gasteiger partial charge is 0.499 e. The summed E-state index contributed by atoms with van der Waals surface area (Å²) in [5.41, 5.74) is 0. The Bertz CT molecular complexity index is 132. The number of aliphatic hydroxyl groups excluding tert-OH is 3. The molecule has 0 fully saturated rings. The van der Waals surface area contributed by atoms with Crippen LogP contribution in [0.2, 0.25) is 0 Å². The molecule has 0 saturated carbocycles. The van der Waals surface area contributed by atoms with Gasteiger partial charge in [-0.2, -0.15) is 0 Å². The third-order valence-corrected chi connectivity index (χ3v) is 1.36. The SMILES string of the molecule is CC=C(OC)C(O)C(O)CO. The zero-order chi connectivity index (χ0) is 8.85.